The van der Waals surface area contributed by atoms with Gasteiger partial charge in [-0.1, -0.05) is 0 Å². The van der Waals surface area contributed by atoms with Gasteiger partial charge in [0.25, 0.3) is 5.91 Å². The van der Waals surface area contributed by atoms with Gasteiger partial charge in [-0.25, -0.2) is 14.4 Å². The van der Waals surface area contributed by atoms with Crippen LogP contribution in [0.3, 0.4) is 0 Å². The molecular formula is C24H34FN7O2. The first-order valence-electron chi connectivity index (χ1n) is 11.8. The number of amides is 1. The van der Waals surface area contributed by atoms with E-state index < -0.39 is 11.8 Å². The molecule has 2 aliphatic rings. The van der Waals surface area contributed by atoms with Gasteiger partial charge in [-0.2, -0.15) is 4.98 Å². The van der Waals surface area contributed by atoms with Gasteiger partial charge in [-0.15, -0.1) is 0 Å². The molecule has 4 rings (SSSR count). The summed E-state index contributed by atoms with van der Waals surface area (Å²) in [7, 11) is 0. The Morgan fingerprint density at radius 2 is 2.09 bits per heavy atom. The van der Waals surface area contributed by atoms with Gasteiger partial charge in [0.15, 0.2) is 0 Å². The maximum absolute atomic E-state index is 13.6. The number of rotatable bonds is 9. The van der Waals surface area contributed by atoms with Crippen LogP contribution in [0.1, 0.15) is 57.3 Å². The molecule has 0 aromatic carbocycles. The monoisotopic (exact) mass is 471 g/mol. The van der Waals surface area contributed by atoms with Crippen LogP contribution < -0.4 is 20.9 Å². The Hall–Kier alpha value is -3.01. The lowest BCUT2D eigenvalue weighted by molar-refractivity contribution is 0.00303. The summed E-state index contributed by atoms with van der Waals surface area (Å²) in [6, 6.07) is 3.59. The average molecular weight is 472 g/mol. The number of carbonyl (C=O) groups excluding carboxylic acids is 1. The molecule has 0 spiro atoms. The van der Waals surface area contributed by atoms with Crippen molar-refractivity contribution in [1.29, 1.82) is 0 Å². The highest BCUT2D eigenvalue weighted by atomic mass is 19.1. The molecule has 1 unspecified atom stereocenters. The van der Waals surface area contributed by atoms with E-state index in [0.717, 1.165) is 12.8 Å². The van der Waals surface area contributed by atoms with Gasteiger partial charge < -0.3 is 26.0 Å². The smallest absolute Gasteiger partial charge is 0.254 e. The summed E-state index contributed by atoms with van der Waals surface area (Å²) in [5.74, 6) is 1.29. The van der Waals surface area contributed by atoms with Crippen LogP contribution >= 0.6 is 0 Å². The Bertz CT molecular complexity index is 1040. The minimum atomic E-state index is -0.858. The second-order valence-electron chi connectivity index (χ2n) is 10.1. The van der Waals surface area contributed by atoms with E-state index in [9.17, 15) is 14.3 Å². The van der Waals surface area contributed by atoms with Crippen LogP contribution in [-0.4, -0.2) is 63.4 Å². The van der Waals surface area contributed by atoms with E-state index in [1.165, 1.54) is 6.20 Å². The first-order valence-corrected chi connectivity index (χ1v) is 11.8. The first-order chi connectivity index (χ1) is 16.1. The SMILES string of the molecule is CC(C)Nc1cc(Nc2ccnc(N3CCC(F)C3)n2)ncc1C(=O)NCC1(C(C)(C)O)CC1. The minimum absolute atomic E-state index is 0.0995. The molecule has 1 saturated carbocycles. The Kier molecular flexibility index (Phi) is 6.62. The van der Waals surface area contributed by atoms with Crippen LogP contribution in [0.4, 0.5) is 27.7 Å². The number of hydrogen-bond acceptors (Lipinski definition) is 8. The van der Waals surface area contributed by atoms with E-state index in [-0.39, 0.29) is 17.4 Å². The molecule has 9 nitrogen and oxygen atoms in total. The van der Waals surface area contributed by atoms with Crippen LogP contribution in [0, 0.1) is 5.41 Å². The summed E-state index contributed by atoms with van der Waals surface area (Å²) >= 11 is 0. The maximum atomic E-state index is 13.6. The van der Waals surface area contributed by atoms with Crippen molar-refractivity contribution < 1.29 is 14.3 Å². The number of hydrogen-bond donors (Lipinski definition) is 4. The molecule has 0 radical (unpaired) electrons. The van der Waals surface area contributed by atoms with Crippen molar-refractivity contribution in [3.05, 3.63) is 30.1 Å². The molecule has 184 valence electrons. The quantitative estimate of drug-likeness (QED) is 0.441. The number of aromatic nitrogens is 3. The molecule has 1 amide bonds. The zero-order valence-corrected chi connectivity index (χ0v) is 20.2. The van der Waals surface area contributed by atoms with Gasteiger partial charge in [-0.05, 0) is 53.0 Å². The summed E-state index contributed by atoms with van der Waals surface area (Å²) < 4.78 is 13.6. The van der Waals surface area contributed by atoms with Crippen LogP contribution in [0.25, 0.3) is 0 Å². The van der Waals surface area contributed by atoms with Gasteiger partial charge in [-0.3, -0.25) is 4.79 Å². The summed E-state index contributed by atoms with van der Waals surface area (Å²) in [5, 5.41) is 19.9. The molecule has 1 aliphatic heterocycles. The summed E-state index contributed by atoms with van der Waals surface area (Å²) in [6.45, 7) is 8.86. The Labute approximate surface area is 199 Å². The summed E-state index contributed by atoms with van der Waals surface area (Å²) in [4.78, 5) is 28.0. The number of alkyl halides is 1. The number of aliphatic hydroxyl groups is 1. The molecule has 1 atom stereocenters. The van der Waals surface area contributed by atoms with Gasteiger partial charge in [0.05, 0.1) is 23.4 Å². The molecule has 0 bridgehead atoms. The van der Waals surface area contributed by atoms with Gasteiger partial charge in [0.2, 0.25) is 5.95 Å². The lowest BCUT2D eigenvalue weighted by Gasteiger charge is -2.29. The highest BCUT2D eigenvalue weighted by molar-refractivity contribution is 5.99. The predicted octanol–water partition coefficient (Wildman–Crippen LogP) is 3.26. The Morgan fingerprint density at radius 3 is 2.71 bits per heavy atom. The van der Waals surface area contributed by atoms with Crippen molar-refractivity contribution in [2.45, 2.75) is 64.8 Å². The second-order valence-corrected chi connectivity index (χ2v) is 10.1. The molecule has 2 fully saturated rings. The molecule has 10 heteroatoms. The fourth-order valence-electron chi connectivity index (χ4n) is 4.24. The van der Waals surface area contributed by atoms with Crippen molar-refractivity contribution in [2.24, 2.45) is 5.41 Å². The summed E-state index contributed by atoms with van der Waals surface area (Å²) in [6.07, 6.45) is 4.55. The summed E-state index contributed by atoms with van der Waals surface area (Å²) in [5.41, 5.74) is -0.0414. The van der Waals surface area contributed by atoms with E-state index >= 15 is 0 Å². The zero-order valence-electron chi connectivity index (χ0n) is 20.2. The number of anilines is 4. The van der Waals surface area contributed by atoms with Crippen molar-refractivity contribution in [3.8, 4) is 0 Å². The van der Waals surface area contributed by atoms with Crippen molar-refractivity contribution in [3.63, 3.8) is 0 Å². The molecule has 2 aromatic heterocycles. The molecular weight excluding hydrogens is 437 g/mol. The highest BCUT2D eigenvalue weighted by Gasteiger charge is 2.53. The Morgan fingerprint density at radius 1 is 1.32 bits per heavy atom. The molecule has 1 aliphatic carbocycles. The van der Waals surface area contributed by atoms with Crippen molar-refractivity contribution in [2.75, 3.05) is 35.2 Å². The van der Waals surface area contributed by atoms with Crippen LogP contribution in [-0.2, 0) is 0 Å². The molecule has 3 heterocycles. The highest BCUT2D eigenvalue weighted by Crippen LogP contribution is 2.53. The minimum Gasteiger partial charge on any atom is -0.390 e. The number of nitrogens with zero attached hydrogens (tertiary/aromatic N) is 4. The predicted molar refractivity (Wildman–Crippen MR) is 130 cm³/mol. The van der Waals surface area contributed by atoms with Crippen molar-refractivity contribution >= 4 is 29.2 Å². The molecule has 34 heavy (non-hydrogen) atoms. The number of halogens is 1. The maximum Gasteiger partial charge on any atom is 0.254 e. The fourth-order valence-corrected chi connectivity index (χ4v) is 4.24. The number of carbonyl (C=O) groups is 1. The van der Waals surface area contributed by atoms with Crippen LogP contribution in [0.2, 0.25) is 0 Å². The second kappa shape index (κ2) is 9.32. The lowest BCUT2D eigenvalue weighted by atomic mass is 9.87. The molecule has 2 aromatic rings. The fraction of sp³-hybridized carbons (Fsp3) is 0.583. The van der Waals surface area contributed by atoms with E-state index in [4.69, 9.17) is 0 Å². The van der Waals surface area contributed by atoms with Gasteiger partial charge in [0.1, 0.15) is 17.8 Å². The Balaban J connectivity index is 1.49. The topological polar surface area (TPSA) is 115 Å². The van der Waals surface area contributed by atoms with E-state index in [1.54, 1.807) is 32.2 Å². The third-order valence-electron chi connectivity index (χ3n) is 6.64. The average Bonchev–Trinajstić information content (AvgIpc) is 3.46. The standard InChI is InChI=1S/C24H34FN7O2/c1-15(2)29-18-11-20(30-19-5-9-26-22(31-19)32-10-6-16(25)13-32)27-12-17(18)21(33)28-14-24(7-8-24)23(3,4)34/h5,9,11-12,15-16,34H,6-8,10,13-14H2,1-4H3,(H,28,33)(H2,26,27,29,30,31). The first kappa shape index (κ1) is 24.1. The van der Waals surface area contributed by atoms with Crippen molar-refractivity contribution in [1.82, 2.24) is 20.3 Å². The van der Waals surface area contributed by atoms with E-state index in [2.05, 4.69) is 30.9 Å². The molecule has 1 saturated heterocycles. The third kappa shape index (κ3) is 5.38. The molecule has 4 N–H and O–H groups in total. The number of nitrogens with one attached hydrogen (secondary N) is 3. The van der Waals surface area contributed by atoms with Crippen LogP contribution in [0.5, 0.6) is 0 Å². The van der Waals surface area contributed by atoms with Crippen LogP contribution in [0.15, 0.2) is 24.5 Å². The normalized spacial score (nSPS) is 19.3. The van der Waals surface area contributed by atoms with E-state index in [0.29, 0.717) is 54.9 Å². The van der Waals surface area contributed by atoms with E-state index in [1.807, 2.05) is 18.7 Å². The zero-order chi connectivity index (χ0) is 24.5. The lowest BCUT2D eigenvalue weighted by Crippen LogP contribution is -2.42. The largest absolute Gasteiger partial charge is 0.390 e. The third-order valence-corrected chi connectivity index (χ3v) is 6.64. The van der Waals surface area contributed by atoms with Gasteiger partial charge >= 0.3 is 0 Å². The number of pyridine rings is 1. The van der Waals surface area contributed by atoms with Gasteiger partial charge in [0, 0.05) is 43.0 Å².